The second-order valence-corrected chi connectivity index (χ2v) is 9.32. The summed E-state index contributed by atoms with van der Waals surface area (Å²) >= 11 is 6.27. The van der Waals surface area contributed by atoms with Crippen molar-refractivity contribution in [3.8, 4) is 11.5 Å². The van der Waals surface area contributed by atoms with Crippen molar-refractivity contribution < 1.29 is 24.2 Å². The molecule has 1 aliphatic rings. The van der Waals surface area contributed by atoms with E-state index < -0.39 is 17.7 Å². The number of carbonyl (C=O) groups excluding carboxylic acids is 2. The molecule has 186 valence electrons. The highest BCUT2D eigenvalue weighted by molar-refractivity contribution is 6.46. The fraction of sp³-hybridized carbons (Fsp3) is 0.250. The lowest BCUT2D eigenvalue weighted by Crippen LogP contribution is -2.29. The molecule has 1 fully saturated rings. The lowest BCUT2D eigenvalue weighted by molar-refractivity contribution is -0.140. The van der Waals surface area contributed by atoms with Crippen LogP contribution in [0.4, 0.5) is 0 Å². The summed E-state index contributed by atoms with van der Waals surface area (Å²) in [5.74, 6) is -0.437. The van der Waals surface area contributed by atoms with Crippen LogP contribution in [0.15, 0.2) is 72.6 Å². The lowest BCUT2D eigenvalue weighted by atomic mass is 9.95. The maximum Gasteiger partial charge on any atom is 0.295 e. The molecule has 0 radical (unpaired) electrons. The number of aromatic nitrogens is 1. The summed E-state index contributed by atoms with van der Waals surface area (Å²) in [6.45, 7) is 4.75. The zero-order valence-electron chi connectivity index (χ0n) is 20.3. The Labute approximate surface area is 214 Å². The average Bonchev–Trinajstić information content (AvgIpc) is 3.12. The fourth-order valence-electron chi connectivity index (χ4n) is 4.08. The van der Waals surface area contributed by atoms with Crippen LogP contribution >= 0.6 is 11.6 Å². The molecule has 0 saturated carbocycles. The number of amides is 1. The maximum absolute atomic E-state index is 13.3. The van der Waals surface area contributed by atoms with E-state index in [1.807, 2.05) is 32.0 Å². The average molecular weight is 507 g/mol. The Morgan fingerprint density at radius 1 is 1.14 bits per heavy atom. The van der Waals surface area contributed by atoms with Crippen molar-refractivity contribution in [3.63, 3.8) is 0 Å². The van der Waals surface area contributed by atoms with Crippen LogP contribution in [0.3, 0.4) is 0 Å². The van der Waals surface area contributed by atoms with Gasteiger partial charge in [-0.3, -0.25) is 14.6 Å². The summed E-state index contributed by atoms with van der Waals surface area (Å²) in [7, 11) is 1.49. The van der Waals surface area contributed by atoms with Gasteiger partial charge < -0.3 is 19.5 Å². The van der Waals surface area contributed by atoms with E-state index in [0.717, 1.165) is 5.56 Å². The zero-order chi connectivity index (χ0) is 25.8. The predicted molar refractivity (Wildman–Crippen MR) is 137 cm³/mol. The number of hydrogen-bond donors (Lipinski definition) is 1. The predicted octanol–water partition coefficient (Wildman–Crippen LogP) is 5.40. The van der Waals surface area contributed by atoms with Crippen LogP contribution in [-0.4, -0.2) is 40.4 Å². The Kier molecular flexibility index (Phi) is 7.60. The number of aliphatic hydroxyl groups is 1. The first-order chi connectivity index (χ1) is 17.3. The van der Waals surface area contributed by atoms with Crippen molar-refractivity contribution in [2.75, 3.05) is 13.7 Å². The normalized spacial score (nSPS) is 17.0. The molecular formula is C28H27ClN2O5. The first-order valence-corrected chi connectivity index (χ1v) is 11.9. The third-order valence-electron chi connectivity index (χ3n) is 5.80. The van der Waals surface area contributed by atoms with E-state index >= 15 is 0 Å². The quantitative estimate of drug-likeness (QED) is 0.250. The van der Waals surface area contributed by atoms with Gasteiger partial charge in [0.15, 0.2) is 0 Å². The summed E-state index contributed by atoms with van der Waals surface area (Å²) in [5.41, 5.74) is 1.67. The van der Waals surface area contributed by atoms with Crippen molar-refractivity contribution in [2.24, 2.45) is 5.92 Å². The van der Waals surface area contributed by atoms with E-state index in [2.05, 4.69) is 4.98 Å². The van der Waals surface area contributed by atoms with Crippen LogP contribution in [0, 0.1) is 5.92 Å². The van der Waals surface area contributed by atoms with Crippen molar-refractivity contribution in [1.82, 2.24) is 9.88 Å². The van der Waals surface area contributed by atoms with Crippen LogP contribution < -0.4 is 9.47 Å². The largest absolute Gasteiger partial charge is 0.507 e. The van der Waals surface area contributed by atoms with Gasteiger partial charge in [-0.1, -0.05) is 43.6 Å². The van der Waals surface area contributed by atoms with Crippen molar-refractivity contribution in [2.45, 2.75) is 26.4 Å². The van der Waals surface area contributed by atoms with Crippen LogP contribution in [-0.2, 0) is 16.1 Å². The number of nitrogens with zero attached hydrogens (tertiary/aromatic N) is 2. The molecule has 0 aliphatic carbocycles. The summed E-state index contributed by atoms with van der Waals surface area (Å²) in [4.78, 5) is 32.1. The Morgan fingerprint density at radius 2 is 1.94 bits per heavy atom. The molecule has 2 heterocycles. The topological polar surface area (TPSA) is 89.0 Å². The minimum Gasteiger partial charge on any atom is -0.507 e. The molecule has 7 nitrogen and oxygen atoms in total. The van der Waals surface area contributed by atoms with Crippen LogP contribution in [0.2, 0.25) is 5.02 Å². The third-order valence-corrected chi connectivity index (χ3v) is 6.09. The fourth-order valence-corrected chi connectivity index (χ4v) is 4.34. The second kappa shape index (κ2) is 10.8. The molecule has 1 aliphatic heterocycles. The molecule has 36 heavy (non-hydrogen) atoms. The zero-order valence-corrected chi connectivity index (χ0v) is 21.0. The molecule has 4 rings (SSSR count). The van der Waals surface area contributed by atoms with E-state index in [-0.39, 0.29) is 22.9 Å². The number of benzene rings is 2. The standard InChI is InChI=1S/C28H27ClN2O5/c1-17(2)16-36-21-8-4-7-19(12-21)25-24(26(32)20-9-10-23(35-3)22(29)13-20)27(33)28(34)31(25)15-18-6-5-11-30-14-18/h4-14,17,25,32H,15-16H2,1-3H3/b26-24+. The van der Waals surface area contributed by atoms with E-state index in [1.54, 1.807) is 42.7 Å². The smallest absolute Gasteiger partial charge is 0.295 e. The number of aliphatic hydroxyl groups excluding tert-OH is 1. The van der Waals surface area contributed by atoms with Gasteiger partial charge in [-0.25, -0.2) is 0 Å². The number of halogens is 1. The van der Waals surface area contributed by atoms with Gasteiger partial charge in [0.05, 0.1) is 30.4 Å². The Balaban J connectivity index is 1.84. The minimum absolute atomic E-state index is 0.0221. The highest BCUT2D eigenvalue weighted by Gasteiger charge is 2.46. The van der Waals surface area contributed by atoms with Gasteiger partial charge in [0.25, 0.3) is 11.7 Å². The molecule has 1 saturated heterocycles. The maximum atomic E-state index is 13.3. The van der Waals surface area contributed by atoms with Crippen molar-refractivity contribution in [3.05, 3.63) is 94.3 Å². The SMILES string of the molecule is COc1ccc(/C(O)=C2\C(=O)C(=O)N(Cc3cccnc3)C2c2cccc(OCC(C)C)c2)cc1Cl. The number of likely N-dealkylation sites (tertiary alicyclic amines) is 1. The molecule has 0 spiro atoms. The summed E-state index contributed by atoms with van der Waals surface area (Å²) in [5, 5.41) is 11.6. The van der Waals surface area contributed by atoms with E-state index in [4.69, 9.17) is 21.1 Å². The second-order valence-electron chi connectivity index (χ2n) is 8.91. The number of ether oxygens (including phenoxy) is 2. The molecule has 1 atom stereocenters. The van der Waals surface area contributed by atoms with Gasteiger partial charge in [0, 0.05) is 24.5 Å². The van der Waals surface area contributed by atoms with E-state index in [9.17, 15) is 14.7 Å². The molecular weight excluding hydrogens is 480 g/mol. The van der Waals surface area contributed by atoms with Crippen LogP contribution in [0.1, 0.15) is 36.6 Å². The van der Waals surface area contributed by atoms with E-state index in [1.165, 1.54) is 18.1 Å². The summed E-state index contributed by atoms with van der Waals surface area (Å²) in [6.07, 6.45) is 3.28. The molecule has 1 aromatic heterocycles. The van der Waals surface area contributed by atoms with Crippen LogP contribution in [0.5, 0.6) is 11.5 Å². The first-order valence-electron chi connectivity index (χ1n) is 11.5. The van der Waals surface area contributed by atoms with Gasteiger partial charge in [-0.2, -0.15) is 0 Å². The molecule has 8 heteroatoms. The first kappa shape index (κ1) is 25.3. The number of hydrogen-bond acceptors (Lipinski definition) is 6. The Morgan fingerprint density at radius 3 is 2.61 bits per heavy atom. The molecule has 2 aromatic carbocycles. The number of Topliss-reactive ketones (excluding diaryl/α,β-unsaturated/α-hetero) is 1. The van der Waals surface area contributed by atoms with Crippen molar-refractivity contribution >= 4 is 29.1 Å². The van der Waals surface area contributed by atoms with Crippen molar-refractivity contribution in [1.29, 1.82) is 0 Å². The number of carbonyl (C=O) groups is 2. The number of rotatable bonds is 8. The minimum atomic E-state index is -0.839. The highest BCUT2D eigenvalue weighted by Crippen LogP contribution is 2.41. The molecule has 1 amide bonds. The Bertz CT molecular complexity index is 1310. The molecule has 0 bridgehead atoms. The number of ketones is 1. The number of methoxy groups -OCH3 is 1. The molecule has 3 aromatic rings. The van der Waals surface area contributed by atoms with Gasteiger partial charge in [0.1, 0.15) is 17.3 Å². The van der Waals surface area contributed by atoms with Gasteiger partial charge in [-0.15, -0.1) is 0 Å². The van der Waals surface area contributed by atoms with Gasteiger partial charge in [0.2, 0.25) is 0 Å². The van der Waals surface area contributed by atoms with Gasteiger partial charge >= 0.3 is 0 Å². The highest BCUT2D eigenvalue weighted by atomic mass is 35.5. The Hall–Kier alpha value is -3.84. The lowest BCUT2D eigenvalue weighted by Gasteiger charge is -2.26. The summed E-state index contributed by atoms with van der Waals surface area (Å²) in [6, 6.07) is 14.7. The van der Waals surface area contributed by atoms with Crippen LogP contribution in [0.25, 0.3) is 5.76 Å². The van der Waals surface area contributed by atoms with E-state index in [0.29, 0.717) is 35.2 Å². The third kappa shape index (κ3) is 5.21. The van der Waals surface area contributed by atoms with Gasteiger partial charge in [-0.05, 0) is 53.4 Å². The summed E-state index contributed by atoms with van der Waals surface area (Å²) < 4.78 is 11.1. The molecule has 1 unspecified atom stereocenters. The monoisotopic (exact) mass is 506 g/mol. The number of pyridine rings is 1. The molecule has 1 N–H and O–H groups in total.